The van der Waals surface area contributed by atoms with E-state index in [0.717, 1.165) is 38.8 Å². The van der Waals surface area contributed by atoms with Crippen LogP contribution in [-0.2, 0) is 19.4 Å². The summed E-state index contributed by atoms with van der Waals surface area (Å²) in [5.74, 6) is 0.145. The van der Waals surface area contributed by atoms with Crippen molar-refractivity contribution in [3.63, 3.8) is 0 Å². The van der Waals surface area contributed by atoms with Crippen molar-refractivity contribution in [1.82, 2.24) is 9.80 Å². The van der Waals surface area contributed by atoms with E-state index in [1.54, 1.807) is 11.0 Å². The largest absolute Gasteiger partial charge is 0.343 e. The lowest BCUT2D eigenvalue weighted by Crippen LogP contribution is -2.44. The molecule has 128 valence electrons. The van der Waals surface area contributed by atoms with Gasteiger partial charge in [-0.15, -0.1) is 0 Å². The third-order valence-corrected chi connectivity index (χ3v) is 6.52. The summed E-state index contributed by atoms with van der Waals surface area (Å²) in [7, 11) is -3.10. The molecule has 3 rings (SSSR count). The Hall–Kier alpha value is -1.37. The lowest BCUT2D eigenvalue weighted by molar-refractivity contribution is -0.140. The van der Waals surface area contributed by atoms with Gasteiger partial charge in [-0.25, -0.2) is 8.42 Å². The summed E-state index contributed by atoms with van der Waals surface area (Å²) in [5.41, 5.74) is 0. The highest BCUT2D eigenvalue weighted by Gasteiger charge is 2.32. The fourth-order valence-electron chi connectivity index (χ4n) is 3.69. The molecule has 23 heavy (non-hydrogen) atoms. The van der Waals surface area contributed by atoms with E-state index in [1.807, 2.05) is 4.90 Å². The van der Waals surface area contributed by atoms with Crippen molar-refractivity contribution in [2.75, 3.05) is 31.9 Å². The van der Waals surface area contributed by atoms with Crippen molar-refractivity contribution >= 4 is 21.7 Å². The van der Waals surface area contributed by atoms with Gasteiger partial charge in [0.15, 0.2) is 9.84 Å². The van der Waals surface area contributed by atoms with Crippen LogP contribution in [0.2, 0.25) is 0 Å². The Morgan fingerprint density at radius 3 is 2.22 bits per heavy atom. The van der Waals surface area contributed by atoms with Crippen LogP contribution in [0.4, 0.5) is 0 Å². The number of carbonyl (C=O) groups is 2. The van der Waals surface area contributed by atoms with Crippen LogP contribution < -0.4 is 0 Å². The molecule has 0 aliphatic carbocycles. The van der Waals surface area contributed by atoms with Gasteiger partial charge >= 0.3 is 0 Å². The lowest BCUT2D eigenvalue weighted by atomic mass is 9.94. The van der Waals surface area contributed by atoms with Gasteiger partial charge in [0.1, 0.15) is 0 Å². The Bertz CT molecular complexity index is 600. The van der Waals surface area contributed by atoms with E-state index < -0.39 is 9.84 Å². The molecule has 0 aromatic carbocycles. The zero-order valence-electron chi connectivity index (χ0n) is 13.3. The normalized spacial score (nSPS) is 27.6. The van der Waals surface area contributed by atoms with Crippen LogP contribution in [-0.4, -0.2) is 62.0 Å². The number of hydrogen-bond donors (Lipinski definition) is 0. The highest BCUT2D eigenvalue weighted by molar-refractivity contribution is 7.94. The van der Waals surface area contributed by atoms with E-state index in [1.165, 1.54) is 5.41 Å². The second-order valence-corrected chi connectivity index (χ2v) is 8.74. The number of allylic oxidation sites excluding steroid dienone is 1. The summed E-state index contributed by atoms with van der Waals surface area (Å²) in [6.45, 7) is 2.96. The molecule has 3 heterocycles. The maximum absolute atomic E-state index is 12.4. The zero-order valence-corrected chi connectivity index (χ0v) is 14.1. The zero-order chi connectivity index (χ0) is 16.4. The number of amides is 2. The van der Waals surface area contributed by atoms with E-state index in [9.17, 15) is 18.0 Å². The van der Waals surface area contributed by atoms with E-state index in [4.69, 9.17) is 0 Å². The Labute approximate surface area is 137 Å². The number of rotatable bonds is 3. The van der Waals surface area contributed by atoms with Crippen molar-refractivity contribution in [3.8, 4) is 0 Å². The number of piperidine rings is 1. The summed E-state index contributed by atoms with van der Waals surface area (Å²) in [6, 6.07) is 0. The summed E-state index contributed by atoms with van der Waals surface area (Å²) in [4.78, 5) is 28.4. The van der Waals surface area contributed by atoms with E-state index in [0.29, 0.717) is 13.1 Å². The van der Waals surface area contributed by atoms with Crippen molar-refractivity contribution in [2.45, 2.75) is 32.1 Å². The van der Waals surface area contributed by atoms with Gasteiger partial charge in [-0.3, -0.25) is 9.59 Å². The van der Waals surface area contributed by atoms with Gasteiger partial charge in [0.2, 0.25) is 11.8 Å². The number of sulfone groups is 1. The number of hydrogen-bond acceptors (Lipinski definition) is 4. The Morgan fingerprint density at radius 2 is 1.65 bits per heavy atom. The van der Waals surface area contributed by atoms with Crippen LogP contribution in [0, 0.1) is 11.8 Å². The number of nitrogens with zero attached hydrogens (tertiary/aromatic N) is 2. The third-order valence-electron chi connectivity index (χ3n) is 5.06. The van der Waals surface area contributed by atoms with E-state index >= 15 is 0 Å². The number of likely N-dealkylation sites (tertiary alicyclic amines) is 2. The molecule has 0 aromatic heterocycles. The first-order chi connectivity index (χ1) is 10.9. The first kappa shape index (κ1) is 16.5. The molecule has 3 aliphatic heterocycles. The highest BCUT2D eigenvalue weighted by Crippen LogP contribution is 2.24. The molecule has 0 bridgehead atoms. The summed E-state index contributed by atoms with van der Waals surface area (Å²) in [5, 5.41) is 1.21. The molecular formula is C16H24N2O4S. The average molecular weight is 340 g/mol. The Morgan fingerprint density at radius 1 is 1.00 bits per heavy atom. The van der Waals surface area contributed by atoms with Gasteiger partial charge in [-0.05, 0) is 25.7 Å². The molecule has 2 amide bonds. The highest BCUT2D eigenvalue weighted by atomic mass is 32.2. The molecule has 1 atom stereocenters. The van der Waals surface area contributed by atoms with E-state index in [2.05, 4.69) is 0 Å². The Kier molecular flexibility index (Phi) is 4.75. The van der Waals surface area contributed by atoms with Crippen LogP contribution >= 0.6 is 0 Å². The predicted molar refractivity (Wildman–Crippen MR) is 86.2 cm³/mol. The van der Waals surface area contributed by atoms with Crippen LogP contribution in [0.1, 0.15) is 32.1 Å². The van der Waals surface area contributed by atoms with Crippen LogP contribution in [0.5, 0.6) is 0 Å². The molecule has 0 saturated carbocycles. The lowest BCUT2D eigenvalue weighted by Gasteiger charge is -2.33. The van der Waals surface area contributed by atoms with Gasteiger partial charge in [0.05, 0.1) is 5.75 Å². The predicted octanol–water partition coefficient (Wildman–Crippen LogP) is 0.796. The Balaban J connectivity index is 1.46. The first-order valence-electron chi connectivity index (χ1n) is 8.42. The molecule has 0 N–H and O–H groups in total. The minimum Gasteiger partial charge on any atom is -0.343 e. The van der Waals surface area contributed by atoms with Gasteiger partial charge in [-0.2, -0.15) is 0 Å². The molecule has 0 unspecified atom stereocenters. The van der Waals surface area contributed by atoms with Crippen molar-refractivity contribution in [1.29, 1.82) is 0 Å². The molecular weight excluding hydrogens is 316 g/mol. The van der Waals surface area contributed by atoms with Crippen LogP contribution in [0.3, 0.4) is 0 Å². The average Bonchev–Trinajstić information content (AvgIpc) is 3.16. The fourth-order valence-corrected chi connectivity index (χ4v) is 5.09. The fraction of sp³-hybridized carbons (Fsp3) is 0.750. The summed E-state index contributed by atoms with van der Waals surface area (Å²) < 4.78 is 22.8. The maximum atomic E-state index is 12.4. The minimum absolute atomic E-state index is 0.00354. The molecule has 2 fully saturated rings. The molecule has 3 aliphatic rings. The van der Waals surface area contributed by atoms with Crippen molar-refractivity contribution < 1.29 is 18.0 Å². The quantitative estimate of drug-likeness (QED) is 0.761. The molecule has 0 aromatic rings. The van der Waals surface area contributed by atoms with Crippen LogP contribution in [0.15, 0.2) is 11.5 Å². The second kappa shape index (κ2) is 6.63. The first-order valence-corrected chi connectivity index (χ1v) is 10.1. The van der Waals surface area contributed by atoms with E-state index in [-0.39, 0.29) is 35.8 Å². The van der Waals surface area contributed by atoms with Gasteiger partial charge in [0, 0.05) is 49.8 Å². The third kappa shape index (κ3) is 3.94. The van der Waals surface area contributed by atoms with Gasteiger partial charge in [-0.1, -0.05) is 6.08 Å². The van der Waals surface area contributed by atoms with Crippen molar-refractivity contribution in [2.24, 2.45) is 11.8 Å². The molecule has 2 saturated heterocycles. The van der Waals surface area contributed by atoms with Gasteiger partial charge < -0.3 is 9.80 Å². The molecule has 6 nitrogen and oxygen atoms in total. The monoisotopic (exact) mass is 340 g/mol. The minimum atomic E-state index is -3.10. The maximum Gasteiger partial charge on any atom is 0.225 e. The second-order valence-electron chi connectivity index (χ2n) is 6.81. The summed E-state index contributed by atoms with van der Waals surface area (Å²) in [6.07, 6.45) is 5.51. The SMILES string of the molecule is O=C(C[C@@H]1C=CS(=O)(=O)C1)N1CCC(C(=O)N2CCCC2)CC1. The molecule has 7 heteroatoms. The smallest absolute Gasteiger partial charge is 0.225 e. The molecule has 0 radical (unpaired) electrons. The van der Waals surface area contributed by atoms with Crippen molar-refractivity contribution in [3.05, 3.63) is 11.5 Å². The molecule has 0 spiro atoms. The summed E-state index contributed by atoms with van der Waals surface area (Å²) >= 11 is 0. The topological polar surface area (TPSA) is 74.8 Å². The number of carbonyl (C=O) groups excluding carboxylic acids is 2. The van der Waals surface area contributed by atoms with Crippen LogP contribution in [0.25, 0.3) is 0 Å². The standard InChI is InChI=1S/C16H24N2O4S/c19-15(11-13-5-10-23(21,22)12-13)17-8-3-14(4-9-17)16(20)18-6-1-2-7-18/h5,10,13-14H,1-4,6-9,11-12H2/t13-/m0/s1. The van der Waals surface area contributed by atoms with Gasteiger partial charge in [0.25, 0.3) is 0 Å².